The Morgan fingerprint density at radius 2 is 2.19 bits per heavy atom. The molecule has 0 radical (unpaired) electrons. The van der Waals surface area contributed by atoms with Crippen LogP contribution >= 0.6 is 0 Å². The van der Waals surface area contributed by atoms with Gasteiger partial charge in [-0.3, -0.25) is 4.79 Å². The molecule has 1 heterocycles. The number of benzene rings is 1. The van der Waals surface area contributed by atoms with Gasteiger partial charge < -0.3 is 20.6 Å². The largest absolute Gasteiger partial charge is 0.470 e. The molecule has 2 aromatic rings. The fourth-order valence-electron chi connectivity index (χ4n) is 3.34. The first-order valence-electron chi connectivity index (χ1n) is 8.57. The molecule has 2 aliphatic rings. The normalized spacial score (nSPS) is 23.6. The zero-order chi connectivity index (χ0) is 19.0. The van der Waals surface area contributed by atoms with Crippen LogP contribution in [0.5, 0.6) is 5.88 Å². The summed E-state index contributed by atoms with van der Waals surface area (Å²) in [6, 6.07) is 4.45. The van der Waals surface area contributed by atoms with Gasteiger partial charge in [0.25, 0.3) is 5.88 Å². The molecule has 1 amide bonds. The van der Waals surface area contributed by atoms with E-state index in [0.29, 0.717) is 19.3 Å². The van der Waals surface area contributed by atoms with Gasteiger partial charge in [-0.2, -0.15) is 0 Å². The Morgan fingerprint density at radius 3 is 2.93 bits per heavy atom. The molecule has 0 aliphatic heterocycles. The van der Waals surface area contributed by atoms with Crippen LogP contribution in [0.15, 0.2) is 28.0 Å². The predicted octanol–water partition coefficient (Wildman–Crippen LogP) is 1.28. The summed E-state index contributed by atoms with van der Waals surface area (Å²) in [5.41, 5.74) is 1.96. The molecule has 1 aromatic heterocycles. The van der Waals surface area contributed by atoms with Gasteiger partial charge >= 0.3 is 0 Å². The second-order valence-corrected chi connectivity index (χ2v) is 6.72. The van der Waals surface area contributed by atoms with E-state index >= 15 is 0 Å². The molecular formula is C17H18FN5O4. The highest BCUT2D eigenvalue weighted by Gasteiger charge is 2.35. The van der Waals surface area contributed by atoms with Crippen molar-refractivity contribution < 1.29 is 23.8 Å². The van der Waals surface area contributed by atoms with Crippen molar-refractivity contribution in [1.29, 1.82) is 0 Å². The van der Waals surface area contributed by atoms with E-state index in [1.54, 1.807) is 6.07 Å². The van der Waals surface area contributed by atoms with Crippen LogP contribution in [0, 0.1) is 5.82 Å². The fraction of sp³-hybridized carbons (Fsp3) is 0.412. The first-order chi connectivity index (χ1) is 13.0. The lowest BCUT2D eigenvalue weighted by atomic mass is 9.83. The highest BCUT2D eigenvalue weighted by Crippen LogP contribution is 2.34. The number of fused-ring (bicyclic) bond motifs is 1. The minimum Gasteiger partial charge on any atom is -0.470 e. The minimum atomic E-state index is -0.325. The smallest absolute Gasteiger partial charge is 0.287 e. The third kappa shape index (κ3) is 3.42. The van der Waals surface area contributed by atoms with Crippen molar-refractivity contribution in [2.45, 2.75) is 44.4 Å². The van der Waals surface area contributed by atoms with Crippen molar-refractivity contribution in [3.8, 4) is 5.88 Å². The molecule has 10 heteroatoms. The van der Waals surface area contributed by atoms with E-state index < -0.39 is 0 Å². The fourth-order valence-corrected chi connectivity index (χ4v) is 3.34. The summed E-state index contributed by atoms with van der Waals surface area (Å²) in [4.78, 5) is 11.0. The number of halogens is 1. The number of hydrogen-bond donors (Lipinski definition) is 3. The van der Waals surface area contributed by atoms with Crippen LogP contribution < -0.4 is 15.4 Å². The summed E-state index contributed by atoms with van der Waals surface area (Å²) in [6.07, 6.45) is 1.79. The van der Waals surface area contributed by atoms with Crippen LogP contribution in [0.4, 0.5) is 4.39 Å². The summed E-state index contributed by atoms with van der Waals surface area (Å²) < 4.78 is 23.9. The molecule has 4 rings (SSSR count). The Labute approximate surface area is 153 Å². The number of amidine groups is 1. The van der Waals surface area contributed by atoms with Gasteiger partial charge in [0, 0.05) is 25.8 Å². The maximum Gasteiger partial charge on any atom is 0.287 e. The Balaban J connectivity index is 1.40. The molecule has 1 fully saturated rings. The molecule has 1 atom stereocenters. The topological polar surface area (TPSA) is 122 Å². The summed E-state index contributed by atoms with van der Waals surface area (Å²) in [5, 5.41) is 25.9. The lowest BCUT2D eigenvalue weighted by molar-refractivity contribution is -0.120. The molecule has 1 aromatic carbocycles. The molecule has 3 N–H and O–H groups in total. The number of oxime groups is 1. The van der Waals surface area contributed by atoms with Gasteiger partial charge in [0.15, 0.2) is 0 Å². The van der Waals surface area contributed by atoms with Crippen LogP contribution in [-0.2, 0) is 11.2 Å². The molecular weight excluding hydrogens is 357 g/mol. The van der Waals surface area contributed by atoms with E-state index in [-0.39, 0.29) is 47.3 Å². The van der Waals surface area contributed by atoms with Crippen molar-refractivity contribution in [3.05, 3.63) is 40.8 Å². The Morgan fingerprint density at radius 1 is 1.37 bits per heavy atom. The highest BCUT2D eigenvalue weighted by molar-refractivity contribution is 5.98. The molecule has 142 valence electrons. The summed E-state index contributed by atoms with van der Waals surface area (Å²) in [7, 11) is 0. The van der Waals surface area contributed by atoms with Gasteiger partial charge in [0.1, 0.15) is 11.9 Å². The summed E-state index contributed by atoms with van der Waals surface area (Å²) in [5.74, 6) is -0.281. The van der Waals surface area contributed by atoms with Crippen molar-refractivity contribution in [2.75, 3.05) is 0 Å². The zero-order valence-electron chi connectivity index (χ0n) is 14.5. The number of amides is 1. The van der Waals surface area contributed by atoms with Gasteiger partial charge in [-0.1, -0.05) is 11.2 Å². The molecule has 27 heavy (non-hydrogen) atoms. The van der Waals surface area contributed by atoms with E-state index in [1.807, 2.05) is 0 Å². The predicted molar refractivity (Wildman–Crippen MR) is 89.9 cm³/mol. The van der Waals surface area contributed by atoms with Crippen LogP contribution in [0.2, 0.25) is 0 Å². The number of carbonyl (C=O) groups is 1. The zero-order valence-corrected chi connectivity index (χ0v) is 14.5. The highest BCUT2D eigenvalue weighted by atomic mass is 19.1. The van der Waals surface area contributed by atoms with Gasteiger partial charge in [0.2, 0.25) is 17.4 Å². The van der Waals surface area contributed by atoms with E-state index in [4.69, 9.17) is 9.37 Å². The summed E-state index contributed by atoms with van der Waals surface area (Å²) in [6.45, 7) is 1.47. The average molecular weight is 375 g/mol. The number of ether oxygens (including phenoxy) is 1. The van der Waals surface area contributed by atoms with Crippen LogP contribution in [-0.4, -0.2) is 39.4 Å². The SMILES string of the molecule is CC(=O)N[C@H]1C[C@H](Oc2nonc2/C(=N\O)N[C@H]2Cc3ccc(F)cc32)C1. The molecule has 0 saturated heterocycles. The third-order valence-electron chi connectivity index (χ3n) is 4.78. The summed E-state index contributed by atoms with van der Waals surface area (Å²) >= 11 is 0. The van der Waals surface area contributed by atoms with Crippen molar-refractivity contribution in [3.63, 3.8) is 0 Å². The van der Waals surface area contributed by atoms with Crippen LogP contribution in [0.1, 0.15) is 42.6 Å². The van der Waals surface area contributed by atoms with Crippen molar-refractivity contribution in [1.82, 2.24) is 20.9 Å². The Bertz CT molecular complexity index is 893. The molecule has 0 unspecified atom stereocenters. The van der Waals surface area contributed by atoms with Gasteiger partial charge in [-0.15, -0.1) is 0 Å². The number of nitrogens with zero attached hydrogens (tertiary/aromatic N) is 3. The van der Waals surface area contributed by atoms with E-state index in [9.17, 15) is 14.4 Å². The second-order valence-electron chi connectivity index (χ2n) is 6.72. The van der Waals surface area contributed by atoms with E-state index in [2.05, 4.69) is 26.1 Å². The lowest BCUT2D eigenvalue weighted by Crippen LogP contribution is -2.48. The van der Waals surface area contributed by atoms with Crippen molar-refractivity contribution >= 4 is 11.7 Å². The molecule has 1 saturated carbocycles. The molecule has 2 aliphatic carbocycles. The van der Waals surface area contributed by atoms with Crippen LogP contribution in [0.25, 0.3) is 0 Å². The number of hydrogen-bond acceptors (Lipinski definition) is 7. The maximum absolute atomic E-state index is 13.4. The minimum absolute atomic E-state index is 0.0314. The van der Waals surface area contributed by atoms with Gasteiger partial charge in [0.05, 0.1) is 6.04 Å². The quantitative estimate of drug-likeness (QED) is 0.311. The van der Waals surface area contributed by atoms with Gasteiger partial charge in [-0.25, -0.2) is 9.02 Å². The van der Waals surface area contributed by atoms with Crippen molar-refractivity contribution in [2.24, 2.45) is 5.16 Å². The average Bonchev–Trinajstić information content (AvgIpc) is 3.04. The lowest BCUT2D eigenvalue weighted by Gasteiger charge is -2.35. The second kappa shape index (κ2) is 6.86. The molecule has 9 nitrogen and oxygen atoms in total. The monoisotopic (exact) mass is 375 g/mol. The van der Waals surface area contributed by atoms with Gasteiger partial charge in [-0.05, 0) is 40.0 Å². The van der Waals surface area contributed by atoms with E-state index in [0.717, 1.165) is 11.1 Å². The third-order valence-corrected chi connectivity index (χ3v) is 4.78. The first kappa shape index (κ1) is 17.3. The standard InChI is InChI=1S/C17H18FN5O4/c1-8(24)19-11-6-12(7-11)26-17-15(22-27-23-17)16(21-25)20-14-4-9-2-3-10(18)5-13(9)14/h2-3,5,11-12,14,25H,4,6-7H2,1H3,(H,19,24)(H,20,21)/t11-,12-,14-/m0/s1. The van der Waals surface area contributed by atoms with Crippen LogP contribution in [0.3, 0.4) is 0 Å². The number of carbonyl (C=O) groups excluding carboxylic acids is 1. The Kier molecular flexibility index (Phi) is 4.38. The first-order valence-corrected chi connectivity index (χ1v) is 8.57. The maximum atomic E-state index is 13.4. The number of rotatable bonds is 5. The number of aromatic nitrogens is 2. The van der Waals surface area contributed by atoms with E-state index in [1.165, 1.54) is 19.1 Å². The number of nitrogens with one attached hydrogen (secondary N) is 2. The Hall–Kier alpha value is -3.17. The molecule has 0 spiro atoms. The molecule has 0 bridgehead atoms.